The van der Waals surface area contributed by atoms with Crippen LogP contribution in [0, 0.1) is 0 Å². The number of nitrogens with zero attached hydrogens (tertiary/aromatic N) is 1. The summed E-state index contributed by atoms with van der Waals surface area (Å²) in [6.07, 6.45) is 0.602. The molecule has 1 heterocycles. The maximum Gasteiger partial charge on any atom is 0.326 e. The van der Waals surface area contributed by atoms with Crippen LogP contribution >= 0.6 is 0 Å². The van der Waals surface area contributed by atoms with Crippen molar-refractivity contribution in [1.29, 1.82) is 0 Å². The first kappa shape index (κ1) is 12.0. The van der Waals surface area contributed by atoms with Crippen molar-refractivity contribution in [2.45, 2.75) is 38.6 Å². The van der Waals surface area contributed by atoms with Crippen molar-refractivity contribution in [3.05, 3.63) is 29.3 Å². The summed E-state index contributed by atoms with van der Waals surface area (Å²) in [4.78, 5) is 13.0. The summed E-state index contributed by atoms with van der Waals surface area (Å²) in [6.45, 7) is 6.51. The third kappa shape index (κ3) is 2.02. The molecule has 2 rings (SSSR count). The normalized spacial score (nSPS) is 19.3. The average Bonchev–Trinajstić information content (AvgIpc) is 2.54. The molecule has 0 saturated carbocycles. The molecule has 1 atom stereocenters. The Morgan fingerprint density at radius 2 is 2.06 bits per heavy atom. The minimum absolute atomic E-state index is 0.106. The largest absolute Gasteiger partial charge is 0.480 e. The molecule has 1 aliphatic rings. The molecule has 1 N–H and O–H groups in total. The number of carboxylic acids is 1. The van der Waals surface area contributed by atoms with Gasteiger partial charge in [0, 0.05) is 19.2 Å². The fourth-order valence-corrected chi connectivity index (χ4v) is 2.33. The molecule has 1 unspecified atom stereocenters. The molecular formula is C14H19NO2. The van der Waals surface area contributed by atoms with Crippen LogP contribution in [0.25, 0.3) is 0 Å². The fourth-order valence-electron chi connectivity index (χ4n) is 2.33. The van der Waals surface area contributed by atoms with Crippen LogP contribution in [-0.4, -0.2) is 24.2 Å². The topological polar surface area (TPSA) is 40.5 Å². The molecule has 3 heteroatoms. The van der Waals surface area contributed by atoms with Crippen LogP contribution in [0.4, 0.5) is 5.69 Å². The Morgan fingerprint density at radius 1 is 1.41 bits per heavy atom. The van der Waals surface area contributed by atoms with Crippen LogP contribution in [0.2, 0.25) is 0 Å². The van der Waals surface area contributed by atoms with E-state index in [2.05, 4.69) is 32.9 Å². The molecular weight excluding hydrogens is 214 g/mol. The second-order valence-corrected chi connectivity index (χ2v) is 5.76. The first-order valence-electron chi connectivity index (χ1n) is 5.90. The van der Waals surface area contributed by atoms with E-state index in [9.17, 15) is 4.79 Å². The highest BCUT2D eigenvalue weighted by Gasteiger charge is 2.32. The molecule has 1 aliphatic heterocycles. The fraction of sp³-hybridized carbons (Fsp3) is 0.500. The van der Waals surface area contributed by atoms with Crippen LogP contribution in [0.15, 0.2) is 18.2 Å². The molecule has 0 amide bonds. The number of hydrogen-bond acceptors (Lipinski definition) is 2. The summed E-state index contributed by atoms with van der Waals surface area (Å²) in [5.41, 5.74) is 3.56. The maximum atomic E-state index is 11.1. The number of aliphatic carboxylic acids is 1. The van der Waals surface area contributed by atoms with E-state index in [4.69, 9.17) is 5.11 Å². The van der Waals surface area contributed by atoms with E-state index < -0.39 is 12.0 Å². The molecule has 0 radical (unpaired) electrons. The molecule has 0 saturated heterocycles. The Morgan fingerprint density at radius 3 is 2.59 bits per heavy atom. The third-order valence-electron chi connectivity index (χ3n) is 3.49. The standard InChI is InChI=1S/C14H19NO2/c1-14(2,3)10-5-6-11-9(7-10)8-12(13(16)17)15(11)4/h5-7,12H,8H2,1-4H3,(H,16,17). The van der Waals surface area contributed by atoms with Gasteiger partial charge in [-0.25, -0.2) is 4.79 Å². The summed E-state index contributed by atoms with van der Waals surface area (Å²) < 4.78 is 0. The Kier molecular flexibility index (Phi) is 2.64. The third-order valence-corrected chi connectivity index (χ3v) is 3.49. The van der Waals surface area contributed by atoms with Gasteiger partial charge in [0.1, 0.15) is 6.04 Å². The van der Waals surface area contributed by atoms with Gasteiger partial charge >= 0.3 is 5.97 Å². The Labute approximate surface area is 102 Å². The second-order valence-electron chi connectivity index (χ2n) is 5.76. The molecule has 0 fully saturated rings. The predicted molar refractivity (Wildman–Crippen MR) is 68.7 cm³/mol. The molecule has 0 bridgehead atoms. The van der Waals surface area contributed by atoms with Gasteiger partial charge in [-0.15, -0.1) is 0 Å². The van der Waals surface area contributed by atoms with Crippen LogP contribution in [0.1, 0.15) is 31.9 Å². The number of likely N-dealkylation sites (N-methyl/N-ethyl adjacent to an activating group) is 1. The van der Waals surface area contributed by atoms with E-state index >= 15 is 0 Å². The summed E-state index contributed by atoms with van der Waals surface area (Å²) in [7, 11) is 1.85. The Balaban J connectivity index is 2.39. The van der Waals surface area contributed by atoms with Gasteiger partial charge in [0.25, 0.3) is 0 Å². The number of anilines is 1. The lowest BCUT2D eigenvalue weighted by Crippen LogP contribution is -2.35. The van der Waals surface area contributed by atoms with E-state index in [1.54, 1.807) is 0 Å². The number of carboxylic acid groups (broad SMARTS) is 1. The van der Waals surface area contributed by atoms with Crippen LogP contribution < -0.4 is 4.90 Å². The Hall–Kier alpha value is -1.51. The molecule has 1 aromatic carbocycles. The molecule has 0 aromatic heterocycles. The first-order valence-corrected chi connectivity index (χ1v) is 5.90. The number of carbonyl (C=O) groups is 1. The van der Waals surface area contributed by atoms with E-state index in [1.807, 2.05) is 18.0 Å². The van der Waals surface area contributed by atoms with Gasteiger partial charge in [0.2, 0.25) is 0 Å². The number of rotatable bonds is 1. The number of benzene rings is 1. The van der Waals surface area contributed by atoms with Gasteiger partial charge in [-0.2, -0.15) is 0 Å². The minimum atomic E-state index is -0.749. The van der Waals surface area contributed by atoms with Crippen molar-refractivity contribution in [2.75, 3.05) is 11.9 Å². The molecule has 17 heavy (non-hydrogen) atoms. The molecule has 0 spiro atoms. The monoisotopic (exact) mass is 233 g/mol. The minimum Gasteiger partial charge on any atom is -0.480 e. The lowest BCUT2D eigenvalue weighted by Gasteiger charge is -2.21. The van der Waals surface area contributed by atoms with Crippen molar-refractivity contribution >= 4 is 11.7 Å². The van der Waals surface area contributed by atoms with Crippen molar-refractivity contribution in [1.82, 2.24) is 0 Å². The Bertz CT molecular complexity index is 460. The zero-order valence-electron chi connectivity index (χ0n) is 10.8. The van der Waals surface area contributed by atoms with E-state index in [1.165, 1.54) is 5.56 Å². The molecule has 3 nitrogen and oxygen atoms in total. The smallest absolute Gasteiger partial charge is 0.326 e. The van der Waals surface area contributed by atoms with Crippen LogP contribution in [0.3, 0.4) is 0 Å². The maximum absolute atomic E-state index is 11.1. The highest BCUT2D eigenvalue weighted by atomic mass is 16.4. The average molecular weight is 233 g/mol. The van der Waals surface area contributed by atoms with Gasteiger partial charge in [0.05, 0.1) is 0 Å². The second kappa shape index (κ2) is 3.76. The molecule has 1 aromatic rings. The van der Waals surface area contributed by atoms with Crippen molar-refractivity contribution in [3.8, 4) is 0 Å². The highest BCUT2D eigenvalue weighted by molar-refractivity contribution is 5.82. The van der Waals surface area contributed by atoms with E-state index in [0.29, 0.717) is 6.42 Å². The summed E-state index contributed by atoms with van der Waals surface area (Å²) in [5.74, 6) is -0.749. The SMILES string of the molecule is CN1c2ccc(C(C)(C)C)cc2CC1C(=O)O. The first-order chi connectivity index (χ1) is 7.80. The zero-order valence-corrected chi connectivity index (χ0v) is 10.8. The van der Waals surface area contributed by atoms with Gasteiger partial charge in [-0.1, -0.05) is 32.9 Å². The predicted octanol–water partition coefficient (Wildman–Crippen LogP) is 2.43. The lowest BCUT2D eigenvalue weighted by molar-refractivity contribution is -0.138. The van der Waals surface area contributed by atoms with Crippen molar-refractivity contribution in [3.63, 3.8) is 0 Å². The summed E-state index contributed by atoms with van der Waals surface area (Å²) >= 11 is 0. The quantitative estimate of drug-likeness (QED) is 0.810. The molecule has 0 aliphatic carbocycles. The van der Waals surface area contributed by atoms with Gasteiger partial charge in [-0.05, 0) is 22.6 Å². The number of hydrogen-bond donors (Lipinski definition) is 1. The summed E-state index contributed by atoms with van der Waals surface area (Å²) in [6, 6.07) is 5.87. The zero-order chi connectivity index (χ0) is 12.8. The van der Waals surface area contributed by atoms with E-state index in [0.717, 1.165) is 11.3 Å². The van der Waals surface area contributed by atoms with Gasteiger partial charge < -0.3 is 10.0 Å². The van der Waals surface area contributed by atoms with Crippen molar-refractivity contribution < 1.29 is 9.90 Å². The van der Waals surface area contributed by atoms with Gasteiger partial charge in [0.15, 0.2) is 0 Å². The van der Waals surface area contributed by atoms with Crippen molar-refractivity contribution in [2.24, 2.45) is 0 Å². The van der Waals surface area contributed by atoms with Crippen LogP contribution in [-0.2, 0) is 16.6 Å². The van der Waals surface area contributed by atoms with Crippen LogP contribution in [0.5, 0.6) is 0 Å². The van der Waals surface area contributed by atoms with Gasteiger partial charge in [-0.3, -0.25) is 0 Å². The highest BCUT2D eigenvalue weighted by Crippen LogP contribution is 2.34. The molecule has 92 valence electrons. The lowest BCUT2D eigenvalue weighted by atomic mass is 9.86. The number of fused-ring (bicyclic) bond motifs is 1. The van der Waals surface area contributed by atoms with E-state index in [-0.39, 0.29) is 5.41 Å². The summed E-state index contributed by atoms with van der Waals surface area (Å²) in [5, 5.41) is 9.14.